The van der Waals surface area contributed by atoms with Gasteiger partial charge in [0.15, 0.2) is 0 Å². The third-order valence-corrected chi connectivity index (χ3v) is 7.90. The van der Waals surface area contributed by atoms with Crippen LogP contribution in [-0.2, 0) is 14.8 Å². The third-order valence-electron chi connectivity index (χ3n) is 5.85. The highest BCUT2D eigenvalue weighted by Crippen LogP contribution is 2.23. The van der Waals surface area contributed by atoms with Crippen LogP contribution in [-0.4, -0.2) is 69.4 Å². The summed E-state index contributed by atoms with van der Waals surface area (Å²) in [5, 5.41) is 9.03. The number of carbonyl (C=O) groups is 1. The molecule has 0 aromatic heterocycles. The van der Waals surface area contributed by atoms with E-state index in [0.717, 1.165) is 16.9 Å². The zero-order chi connectivity index (χ0) is 24.7. The van der Waals surface area contributed by atoms with Gasteiger partial charge in [0.25, 0.3) is 0 Å². The molecule has 2 aromatic rings. The molecule has 3 rings (SSSR count). The Morgan fingerprint density at radius 1 is 1.09 bits per heavy atom. The number of benzene rings is 2. The van der Waals surface area contributed by atoms with Gasteiger partial charge in [0.2, 0.25) is 15.9 Å². The molecule has 0 unspecified atom stereocenters. The van der Waals surface area contributed by atoms with Crippen molar-refractivity contribution < 1.29 is 17.9 Å². The van der Waals surface area contributed by atoms with Gasteiger partial charge in [-0.15, -0.1) is 0 Å². The van der Waals surface area contributed by atoms with E-state index in [1.54, 1.807) is 11.0 Å². The maximum absolute atomic E-state index is 13.1. The molecule has 2 aromatic carbocycles. The van der Waals surface area contributed by atoms with Crippen LogP contribution >= 0.6 is 0 Å². The maximum Gasteiger partial charge on any atom is 0.243 e. The standard InChI is InChI=1S/C25H32N4O4S/c1-4-33-23-9-7-22(8-10-23)29(13-5-12-26)25(30)19-27-14-16-28(17-15-27)34(31,32)24-11-6-20(2)18-21(24)3/h6-11,18H,4-5,13-17,19H2,1-3H3. The third kappa shape index (κ3) is 6.14. The molecule has 0 N–H and O–H groups in total. The summed E-state index contributed by atoms with van der Waals surface area (Å²) in [4.78, 5) is 17.0. The Morgan fingerprint density at radius 3 is 2.35 bits per heavy atom. The fraction of sp³-hybridized carbons (Fsp3) is 0.440. The molecule has 1 aliphatic heterocycles. The number of piperazine rings is 1. The van der Waals surface area contributed by atoms with Crippen LogP contribution in [0, 0.1) is 25.2 Å². The molecule has 182 valence electrons. The van der Waals surface area contributed by atoms with Gasteiger partial charge in [-0.05, 0) is 56.7 Å². The molecule has 0 saturated carbocycles. The summed E-state index contributed by atoms with van der Waals surface area (Å²) in [6.45, 7) is 8.24. The summed E-state index contributed by atoms with van der Waals surface area (Å²) in [7, 11) is -3.58. The maximum atomic E-state index is 13.1. The van der Waals surface area contributed by atoms with E-state index in [-0.39, 0.29) is 18.9 Å². The molecule has 1 aliphatic rings. The van der Waals surface area contributed by atoms with Gasteiger partial charge in [-0.3, -0.25) is 9.69 Å². The number of hydrogen-bond acceptors (Lipinski definition) is 6. The van der Waals surface area contributed by atoms with E-state index < -0.39 is 10.0 Å². The van der Waals surface area contributed by atoms with Gasteiger partial charge >= 0.3 is 0 Å². The van der Waals surface area contributed by atoms with Crippen molar-refractivity contribution in [2.24, 2.45) is 0 Å². The zero-order valence-corrected chi connectivity index (χ0v) is 20.8. The first-order valence-electron chi connectivity index (χ1n) is 11.5. The number of nitriles is 1. The van der Waals surface area contributed by atoms with Crippen LogP contribution in [0.15, 0.2) is 47.4 Å². The number of sulfonamides is 1. The number of carbonyl (C=O) groups excluding carboxylic acids is 1. The van der Waals surface area contributed by atoms with E-state index in [4.69, 9.17) is 10.00 Å². The van der Waals surface area contributed by atoms with Gasteiger partial charge in [-0.25, -0.2) is 8.42 Å². The largest absolute Gasteiger partial charge is 0.494 e. The Bertz CT molecular complexity index is 1130. The Morgan fingerprint density at radius 2 is 1.76 bits per heavy atom. The lowest BCUT2D eigenvalue weighted by Crippen LogP contribution is -2.51. The topological polar surface area (TPSA) is 93.9 Å². The summed E-state index contributed by atoms with van der Waals surface area (Å²) in [6, 6.07) is 14.7. The predicted octanol–water partition coefficient (Wildman–Crippen LogP) is 2.96. The predicted molar refractivity (Wildman–Crippen MR) is 131 cm³/mol. The lowest BCUT2D eigenvalue weighted by molar-refractivity contribution is -0.120. The minimum absolute atomic E-state index is 0.120. The Balaban J connectivity index is 1.64. The number of hydrogen-bond donors (Lipinski definition) is 0. The first-order valence-corrected chi connectivity index (χ1v) is 12.9. The van der Waals surface area contributed by atoms with E-state index >= 15 is 0 Å². The molecule has 8 nitrogen and oxygen atoms in total. The Hall–Kier alpha value is -2.93. The van der Waals surface area contributed by atoms with Crippen LogP contribution in [0.4, 0.5) is 5.69 Å². The second-order valence-electron chi connectivity index (χ2n) is 8.33. The summed E-state index contributed by atoms with van der Waals surface area (Å²) >= 11 is 0. The van der Waals surface area contributed by atoms with Gasteiger partial charge in [0, 0.05) is 38.4 Å². The van der Waals surface area contributed by atoms with Crippen molar-refractivity contribution in [2.75, 3.05) is 50.8 Å². The highest BCUT2D eigenvalue weighted by Gasteiger charge is 2.30. The molecule has 1 amide bonds. The monoisotopic (exact) mass is 484 g/mol. The highest BCUT2D eigenvalue weighted by atomic mass is 32.2. The van der Waals surface area contributed by atoms with E-state index in [0.29, 0.717) is 49.9 Å². The fourth-order valence-electron chi connectivity index (χ4n) is 4.08. The Kier molecular flexibility index (Phi) is 8.67. The highest BCUT2D eigenvalue weighted by molar-refractivity contribution is 7.89. The molecule has 0 atom stereocenters. The van der Waals surface area contributed by atoms with Crippen molar-refractivity contribution in [1.82, 2.24) is 9.21 Å². The minimum atomic E-state index is -3.58. The number of aryl methyl sites for hydroxylation is 2. The molecule has 0 aliphatic carbocycles. The molecular formula is C25H32N4O4S. The van der Waals surface area contributed by atoms with E-state index in [1.165, 1.54) is 4.31 Å². The SMILES string of the molecule is CCOc1ccc(N(CCC#N)C(=O)CN2CCN(S(=O)(=O)c3ccc(C)cc3C)CC2)cc1. The summed E-state index contributed by atoms with van der Waals surface area (Å²) in [5.41, 5.74) is 2.47. The summed E-state index contributed by atoms with van der Waals surface area (Å²) < 4.78 is 33.2. The molecule has 9 heteroatoms. The van der Waals surface area contributed by atoms with Crippen LogP contribution in [0.5, 0.6) is 5.75 Å². The second-order valence-corrected chi connectivity index (χ2v) is 10.2. The lowest BCUT2D eigenvalue weighted by Gasteiger charge is -2.35. The van der Waals surface area contributed by atoms with Crippen molar-refractivity contribution >= 4 is 21.6 Å². The first kappa shape index (κ1) is 25.7. The first-order chi connectivity index (χ1) is 16.3. The minimum Gasteiger partial charge on any atom is -0.494 e. The fourth-order valence-corrected chi connectivity index (χ4v) is 5.71. The Labute approximate surface area is 202 Å². The van der Waals surface area contributed by atoms with Gasteiger partial charge in [-0.2, -0.15) is 9.57 Å². The summed E-state index contributed by atoms with van der Waals surface area (Å²) in [6.07, 6.45) is 0.223. The molecule has 34 heavy (non-hydrogen) atoms. The van der Waals surface area contributed by atoms with E-state index in [2.05, 4.69) is 6.07 Å². The zero-order valence-electron chi connectivity index (χ0n) is 20.0. The van der Waals surface area contributed by atoms with Crippen molar-refractivity contribution in [3.05, 3.63) is 53.6 Å². The van der Waals surface area contributed by atoms with Crippen molar-refractivity contribution in [3.63, 3.8) is 0 Å². The normalized spacial score (nSPS) is 15.0. The lowest BCUT2D eigenvalue weighted by atomic mass is 10.2. The molecule has 0 radical (unpaired) electrons. The van der Waals surface area contributed by atoms with Crippen LogP contribution in [0.1, 0.15) is 24.5 Å². The molecule has 0 bridgehead atoms. The number of amides is 1. The number of ether oxygens (including phenoxy) is 1. The molecule has 1 fully saturated rings. The average Bonchev–Trinajstić information content (AvgIpc) is 2.80. The van der Waals surface area contributed by atoms with Gasteiger partial charge in [0.1, 0.15) is 5.75 Å². The smallest absolute Gasteiger partial charge is 0.243 e. The van der Waals surface area contributed by atoms with Crippen LogP contribution in [0.2, 0.25) is 0 Å². The number of nitrogens with zero attached hydrogens (tertiary/aromatic N) is 4. The number of rotatable bonds is 9. The van der Waals surface area contributed by atoms with Crippen LogP contribution < -0.4 is 9.64 Å². The van der Waals surface area contributed by atoms with Crippen molar-refractivity contribution in [3.8, 4) is 11.8 Å². The molecule has 1 heterocycles. The summed E-state index contributed by atoms with van der Waals surface area (Å²) in [5.74, 6) is 0.602. The van der Waals surface area contributed by atoms with Gasteiger partial charge in [0.05, 0.1) is 30.5 Å². The quantitative estimate of drug-likeness (QED) is 0.543. The second kappa shape index (κ2) is 11.5. The van der Waals surface area contributed by atoms with Crippen LogP contribution in [0.25, 0.3) is 0 Å². The average molecular weight is 485 g/mol. The van der Waals surface area contributed by atoms with E-state index in [9.17, 15) is 13.2 Å². The van der Waals surface area contributed by atoms with Crippen molar-refractivity contribution in [2.45, 2.75) is 32.1 Å². The molecule has 1 saturated heterocycles. The van der Waals surface area contributed by atoms with Crippen LogP contribution in [0.3, 0.4) is 0 Å². The van der Waals surface area contributed by atoms with Gasteiger partial charge in [-0.1, -0.05) is 17.7 Å². The molecule has 0 spiro atoms. The van der Waals surface area contributed by atoms with E-state index in [1.807, 2.05) is 62.1 Å². The molecular weight excluding hydrogens is 452 g/mol. The number of anilines is 1. The van der Waals surface area contributed by atoms with Gasteiger partial charge < -0.3 is 9.64 Å². The van der Waals surface area contributed by atoms with Crippen molar-refractivity contribution in [1.29, 1.82) is 5.26 Å².